The minimum absolute atomic E-state index is 0.156. The smallest absolute Gasteiger partial charge is 0.169 e. The summed E-state index contributed by atoms with van der Waals surface area (Å²) in [4.78, 5) is 0. The minimum atomic E-state index is 0.156. The molecule has 2 atom stereocenters. The van der Waals surface area contributed by atoms with Crippen LogP contribution in [-0.2, 0) is 0 Å². The molecular weight excluding hydrogens is 306 g/mol. The third kappa shape index (κ3) is 3.61. The Balaban J connectivity index is 2.01. The van der Waals surface area contributed by atoms with Crippen molar-refractivity contribution in [2.45, 2.75) is 25.9 Å². The van der Waals surface area contributed by atoms with Gasteiger partial charge in [0.25, 0.3) is 0 Å². The van der Waals surface area contributed by atoms with Crippen LogP contribution in [0.1, 0.15) is 37.3 Å². The summed E-state index contributed by atoms with van der Waals surface area (Å²) in [7, 11) is 1.67. The second-order valence-corrected chi connectivity index (χ2v) is 5.31. The number of halogens is 1. The molecule has 0 fully saturated rings. The minimum Gasteiger partial charge on any atom is -0.497 e. The highest BCUT2D eigenvalue weighted by Crippen LogP contribution is 2.24. The van der Waals surface area contributed by atoms with Crippen molar-refractivity contribution in [3.05, 3.63) is 52.4 Å². The van der Waals surface area contributed by atoms with E-state index in [1.165, 1.54) is 5.56 Å². The number of nitrogens with one attached hydrogen (secondary N) is 1. The van der Waals surface area contributed by atoms with Gasteiger partial charge in [0.1, 0.15) is 11.5 Å². The van der Waals surface area contributed by atoms with Crippen molar-refractivity contribution in [3.8, 4) is 5.75 Å². The standard InChI is InChI=1S/C15H18BrNO2/c1-10(12-4-6-13(18-3)7-5-12)17-11(2)14-8-9-15(16)19-14/h4-11,17H,1-3H3/t10-,11?/m1/s1. The Morgan fingerprint density at radius 3 is 2.26 bits per heavy atom. The van der Waals surface area contributed by atoms with Crippen LogP contribution in [0.5, 0.6) is 5.75 Å². The molecule has 4 heteroatoms. The second kappa shape index (κ2) is 6.26. The fourth-order valence-electron chi connectivity index (χ4n) is 2.01. The Morgan fingerprint density at radius 2 is 1.74 bits per heavy atom. The molecule has 19 heavy (non-hydrogen) atoms. The van der Waals surface area contributed by atoms with Gasteiger partial charge in [-0.3, -0.25) is 0 Å². The molecule has 1 heterocycles. The first-order valence-electron chi connectivity index (χ1n) is 6.25. The molecule has 1 unspecified atom stereocenters. The van der Waals surface area contributed by atoms with Crippen LogP contribution in [0, 0.1) is 0 Å². The molecule has 0 amide bonds. The Kier molecular flexibility index (Phi) is 4.66. The number of ether oxygens (including phenoxy) is 1. The lowest BCUT2D eigenvalue weighted by atomic mass is 10.1. The predicted molar refractivity (Wildman–Crippen MR) is 79.4 cm³/mol. The normalized spacial score (nSPS) is 14.1. The van der Waals surface area contributed by atoms with Gasteiger partial charge < -0.3 is 14.5 Å². The largest absolute Gasteiger partial charge is 0.497 e. The van der Waals surface area contributed by atoms with E-state index in [1.807, 2.05) is 24.3 Å². The van der Waals surface area contributed by atoms with Crippen LogP contribution in [-0.4, -0.2) is 7.11 Å². The average molecular weight is 324 g/mol. The maximum absolute atomic E-state index is 5.55. The van der Waals surface area contributed by atoms with Crippen LogP contribution in [0.15, 0.2) is 45.5 Å². The molecule has 0 saturated carbocycles. The maximum atomic E-state index is 5.55. The van der Waals surface area contributed by atoms with Crippen molar-refractivity contribution >= 4 is 15.9 Å². The van der Waals surface area contributed by atoms with Crippen LogP contribution < -0.4 is 10.1 Å². The van der Waals surface area contributed by atoms with Crippen LogP contribution in [0.3, 0.4) is 0 Å². The zero-order valence-electron chi connectivity index (χ0n) is 11.3. The van der Waals surface area contributed by atoms with E-state index in [-0.39, 0.29) is 12.1 Å². The summed E-state index contributed by atoms with van der Waals surface area (Å²) < 4.78 is 11.5. The van der Waals surface area contributed by atoms with Crippen molar-refractivity contribution in [2.24, 2.45) is 0 Å². The quantitative estimate of drug-likeness (QED) is 0.881. The SMILES string of the molecule is COc1ccc([C@@H](C)NC(C)c2ccc(Br)o2)cc1. The monoisotopic (exact) mass is 323 g/mol. The zero-order chi connectivity index (χ0) is 13.8. The van der Waals surface area contributed by atoms with Crippen LogP contribution in [0.25, 0.3) is 0 Å². The number of methoxy groups -OCH3 is 1. The van der Waals surface area contributed by atoms with Gasteiger partial charge in [0.2, 0.25) is 0 Å². The topological polar surface area (TPSA) is 34.4 Å². The van der Waals surface area contributed by atoms with Gasteiger partial charge in [-0.05, 0) is 59.6 Å². The van der Waals surface area contributed by atoms with Gasteiger partial charge in [-0.1, -0.05) is 12.1 Å². The molecule has 0 aliphatic carbocycles. The summed E-state index contributed by atoms with van der Waals surface area (Å²) >= 11 is 3.32. The molecule has 2 aromatic rings. The Bertz CT molecular complexity index is 521. The molecule has 0 aliphatic rings. The highest BCUT2D eigenvalue weighted by Gasteiger charge is 2.14. The highest BCUT2D eigenvalue weighted by molar-refractivity contribution is 9.10. The lowest BCUT2D eigenvalue weighted by Gasteiger charge is -2.19. The van der Waals surface area contributed by atoms with Crippen LogP contribution in [0.4, 0.5) is 0 Å². The molecule has 0 aliphatic heterocycles. The molecule has 1 N–H and O–H groups in total. The summed E-state index contributed by atoms with van der Waals surface area (Å²) in [6, 6.07) is 12.4. The van der Waals surface area contributed by atoms with E-state index in [4.69, 9.17) is 9.15 Å². The van der Waals surface area contributed by atoms with Gasteiger partial charge in [0.15, 0.2) is 4.67 Å². The summed E-state index contributed by atoms with van der Waals surface area (Å²) in [5.74, 6) is 1.80. The molecule has 0 saturated heterocycles. The number of furan rings is 1. The number of benzene rings is 1. The van der Waals surface area contributed by atoms with E-state index >= 15 is 0 Å². The van der Waals surface area contributed by atoms with Crippen molar-refractivity contribution in [2.75, 3.05) is 7.11 Å². The van der Waals surface area contributed by atoms with Gasteiger partial charge in [-0.2, -0.15) is 0 Å². The second-order valence-electron chi connectivity index (χ2n) is 4.53. The molecule has 1 aromatic carbocycles. The molecule has 1 aromatic heterocycles. The molecular formula is C15H18BrNO2. The fraction of sp³-hybridized carbons (Fsp3) is 0.333. The van der Waals surface area contributed by atoms with Gasteiger partial charge in [0, 0.05) is 6.04 Å². The molecule has 0 spiro atoms. The fourth-order valence-corrected chi connectivity index (χ4v) is 2.33. The van der Waals surface area contributed by atoms with Gasteiger partial charge in [0.05, 0.1) is 13.2 Å². The van der Waals surface area contributed by atoms with E-state index in [9.17, 15) is 0 Å². The molecule has 0 bridgehead atoms. The van der Waals surface area contributed by atoms with Gasteiger partial charge >= 0.3 is 0 Å². The van der Waals surface area contributed by atoms with Gasteiger partial charge in [-0.15, -0.1) is 0 Å². The van der Waals surface area contributed by atoms with Crippen LogP contribution in [0.2, 0.25) is 0 Å². The van der Waals surface area contributed by atoms with Crippen molar-refractivity contribution in [3.63, 3.8) is 0 Å². The van der Waals surface area contributed by atoms with Gasteiger partial charge in [-0.25, -0.2) is 0 Å². The summed E-state index contributed by atoms with van der Waals surface area (Å²) in [5.41, 5.74) is 1.22. The Morgan fingerprint density at radius 1 is 1.05 bits per heavy atom. The molecule has 102 valence electrons. The molecule has 3 nitrogen and oxygen atoms in total. The summed E-state index contributed by atoms with van der Waals surface area (Å²) in [6.07, 6.45) is 0. The first-order chi connectivity index (χ1) is 9.10. The predicted octanol–water partition coefficient (Wildman–Crippen LogP) is 4.46. The summed E-state index contributed by atoms with van der Waals surface area (Å²) in [5, 5.41) is 3.51. The number of rotatable bonds is 5. The lowest BCUT2D eigenvalue weighted by molar-refractivity contribution is 0.393. The Labute approximate surface area is 122 Å². The summed E-state index contributed by atoms with van der Waals surface area (Å²) in [6.45, 7) is 4.22. The molecule has 0 radical (unpaired) electrons. The van der Waals surface area contributed by atoms with Crippen molar-refractivity contribution in [1.82, 2.24) is 5.32 Å². The third-order valence-corrected chi connectivity index (χ3v) is 3.56. The lowest BCUT2D eigenvalue weighted by Crippen LogP contribution is -2.22. The first-order valence-corrected chi connectivity index (χ1v) is 7.04. The maximum Gasteiger partial charge on any atom is 0.169 e. The highest BCUT2D eigenvalue weighted by atomic mass is 79.9. The van der Waals surface area contributed by atoms with E-state index < -0.39 is 0 Å². The zero-order valence-corrected chi connectivity index (χ0v) is 12.9. The van der Waals surface area contributed by atoms with E-state index in [1.54, 1.807) is 7.11 Å². The van der Waals surface area contributed by atoms with Crippen LogP contribution >= 0.6 is 15.9 Å². The number of hydrogen-bond donors (Lipinski definition) is 1. The van der Waals surface area contributed by atoms with E-state index in [2.05, 4.69) is 47.2 Å². The van der Waals surface area contributed by atoms with Crippen molar-refractivity contribution in [1.29, 1.82) is 0 Å². The Hall–Kier alpha value is -1.26. The molecule has 2 rings (SSSR count). The average Bonchev–Trinajstić information content (AvgIpc) is 2.85. The number of hydrogen-bond acceptors (Lipinski definition) is 3. The van der Waals surface area contributed by atoms with E-state index in [0.717, 1.165) is 16.2 Å². The first kappa shape index (κ1) is 14.2. The third-order valence-electron chi connectivity index (χ3n) is 3.14. The van der Waals surface area contributed by atoms with E-state index in [0.29, 0.717) is 0 Å². The van der Waals surface area contributed by atoms with Crippen molar-refractivity contribution < 1.29 is 9.15 Å².